The average Bonchev–Trinajstić information content (AvgIpc) is 2.69. The van der Waals surface area contributed by atoms with E-state index < -0.39 is 12.8 Å². The standard InChI is InChI=1S/C21H34F3N3O2/c1-4-20(5-2,11-12-28)15-27-19(25-6-3)26-13-17-7-9-18(10-8-17)14-29-16-21(22,23)24/h7-10,28H,4-6,11-16H2,1-3H3,(H2,25,26,27). The second-order valence-corrected chi connectivity index (χ2v) is 7.15. The normalized spacial score (nSPS) is 12.9. The fraction of sp³-hybridized carbons (Fsp3) is 0.667. The fourth-order valence-corrected chi connectivity index (χ4v) is 2.99. The first-order chi connectivity index (χ1) is 13.8. The third-order valence-corrected chi connectivity index (χ3v) is 5.09. The first-order valence-corrected chi connectivity index (χ1v) is 10.1. The van der Waals surface area contributed by atoms with Crippen LogP contribution in [0.2, 0.25) is 0 Å². The molecule has 0 spiro atoms. The maximum atomic E-state index is 12.1. The van der Waals surface area contributed by atoms with Crippen molar-refractivity contribution < 1.29 is 23.0 Å². The summed E-state index contributed by atoms with van der Waals surface area (Å²) in [5.74, 6) is 0.703. The lowest BCUT2D eigenvalue weighted by Crippen LogP contribution is -2.43. The van der Waals surface area contributed by atoms with E-state index in [1.807, 2.05) is 19.1 Å². The van der Waals surface area contributed by atoms with E-state index in [4.69, 9.17) is 0 Å². The van der Waals surface area contributed by atoms with Crippen molar-refractivity contribution in [2.24, 2.45) is 10.4 Å². The van der Waals surface area contributed by atoms with Crippen molar-refractivity contribution >= 4 is 5.96 Å². The van der Waals surface area contributed by atoms with Gasteiger partial charge in [0.25, 0.3) is 0 Å². The van der Waals surface area contributed by atoms with Crippen LogP contribution in [-0.2, 0) is 17.9 Å². The van der Waals surface area contributed by atoms with E-state index in [0.717, 1.165) is 37.9 Å². The van der Waals surface area contributed by atoms with E-state index in [0.29, 0.717) is 18.1 Å². The van der Waals surface area contributed by atoms with Crippen LogP contribution in [0.1, 0.15) is 51.2 Å². The van der Waals surface area contributed by atoms with Gasteiger partial charge in [0, 0.05) is 19.7 Å². The third-order valence-electron chi connectivity index (χ3n) is 5.09. The van der Waals surface area contributed by atoms with Crippen LogP contribution in [0.5, 0.6) is 0 Å². The van der Waals surface area contributed by atoms with Crippen molar-refractivity contribution in [2.45, 2.75) is 59.4 Å². The van der Waals surface area contributed by atoms with Gasteiger partial charge in [-0.15, -0.1) is 0 Å². The summed E-state index contributed by atoms with van der Waals surface area (Å²) in [6.45, 7) is 7.00. The smallest absolute Gasteiger partial charge is 0.396 e. The Balaban J connectivity index is 2.64. The Morgan fingerprint density at radius 3 is 2.17 bits per heavy atom. The van der Waals surface area contributed by atoms with E-state index in [1.165, 1.54) is 0 Å². The maximum absolute atomic E-state index is 12.1. The summed E-state index contributed by atoms with van der Waals surface area (Å²) in [4.78, 5) is 4.59. The number of ether oxygens (including phenoxy) is 1. The highest BCUT2D eigenvalue weighted by atomic mass is 19.4. The second-order valence-electron chi connectivity index (χ2n) is 7.15. The summed E-state index contributed by atoms with van der Waals surface area (Å²) in [6, 6.07) is 7.19. The molecule has 0 fully saturated rings. The third kappa shape index (κ3) is 9.99. The molecule has 29 heavy (non-hydrogen) atoms. The molecular formula is C21H34F3N3O2. The molecule has 0 amide bonds. The topological polar surface area (TPSA) is 65.9 Å². The fourth-order valence-electron chi connectivity index (χ4n) is 2.99. The van der Waals surface area contributed by atoms with Crippen LogP contribution >= 0.6 is 0 Å². The molecule has 1 aromatic carbocycles. The molecule has 0 aliphatic heterocycles. The van der Waals surface area contributed by atoms with Gasteiger partial charge >= 0.3 is 6.18 Å². The number of nitrogens with one attached hydrogen (secondary N) is 2. The maximum Gasteiger partial charge on any atom is 0.411 e. The van der Waals surface area contributed by atoms with Gasteiger partial charge in [0.15, 0.2) is 5.96 Å². The zero-order valence-corrected chi connectivity index (χ0v) is 17.6. The number of nitrogens with zero attached hydrogens (tertiary/aromatic N) is 1. The molecule has 3 N–H and O–H groups in total. The number of aliphatic imine (C=N–C) groups is 1. The number of rotatable bonds is 12. The van der Waals surface area contributed by atoms with Crippen molar-refractivity contribution in [3.8, 4) is 0 Å². The summed E-state index contributed by atoms with van der Waals surface area (Å²) in [5.41, 5.74) is 1.67. The number of guanidine groups is 1. The molecule has 0 saturated heterocycles. The number of hydrogen-bond donors (Lipinski definition) is 3. The minimum atomic E-state index is -4.31. The number of aliphatic hydroxyl groups excluding tert-OH is 1. The molecule has 166 valence electrons. The summed E-state index contributed by atoms with van der Waals surface area (Å²) in [6.07, 6.45) is -1.64. The van der Waals surface area contributed by atoms with Gasteiger partial charge in [-0.2, -0.15) is 13.2 Å². The molecule has 0 unspecified atom stereocenters. The molecule has 0 heterocycles. The van der Waals surface area contributed by atoms with Gasteiger partial charge in [0.2, 0.25) is 0 Å². The molecule has 8 heteroatoms. The Morgan fingerprint density at radius 1 is 1.03 bits per heavy atom. The summed E-state index contributed by atoms with van der Waals surface area (Å²) >= 11 is 0. The van der Waals surface area contributed by atoms with Gasteiger partial charge in [-0.1, -0.05) is 38.1 Å². The monoisotopic (exact) mass is 417 g/mol. The highest BCUT2D eigenvalue weighted by Crippen LogP contribution is 2.29. The molecule has 0 radical (unpaired) electrons. The SMILES string of the molecule is CCNC(=NCc1ccc(COCC(F)(F)F)cc1)NCC(CC)(CC)CCO. The predicted octanol–water partition coefficient (Wildman–Crippen LogP) is 4.01. The minimum Gasteiger partial charge on any atom is -0.396 e. The van der Waals surface area contributed by atoms with E-state index in [2.05, 4.69) is 34.2 Å². The number of hydrogen-bond acceptors (Lipinski definition) is 3. The predicted molar refractivity (Wildman–Crippen MR) is 110 cm³/mol. The highest BCUT2D eigenvalue weighted by molar-refractivity contribution is 5.79. The lowest BCUT2D eigenvalue weighted by atomic mass is 9.79. The average molecular weight is 418 g/mol. The second kappa shape index (κ2) is 12.7. The Bertz CT molecular complexity index is 600. The van der Waals surface area contributed by atoms with Crippen molar-refractivity contribution in [1.82, 2.24) is 10.6 Å². The van der Waals surface area contributed by atoms with E-state index in [9.17, 15) is 18.3 Å². The van der Waals surface area contributed by atoms with Crippen LogP contribution < -0.4 is 10.6 Å². The van der Waals surface area contributed by atoms with Crippen LogP contribution in [-0.4, -0.2) is 43.5 Å². The molecule has 0 aromatic heterocycles. The largest absolute Gasteiger partial charge is 0.411 e. The quantitative estimate of drug-likeness (QED) is 0.355. The summed E-state index contributed by atoms with van der Waals surface area (Å²) in [7, 11) is 0. The summed E-state index contributed by atoms with van der Waals surface area (Å²) in [5, 5.41) is 16.0. The minimum absolute atomic E-state index is 0.0308. The Morgan fingerprint density at radius 2 is 1.66 bits per heavy atom. The van der Waals surface area contributed by atoms with Gasteiger partial charge < -0.3 is 20.5 Å². The number of aliphatic hydroxyl groups is 1. The van der Waals surface area contributed by atoms with Crippen molar-refractivity contribution in [2.75, 3.05) is 26.3 Å². The number of halogens is 3. The van der Waals surface area contributed by atoms with Gasteiger partial charge in [0.05, 0.1) is 13.2 Å². The lowest BCUT2D eigenvalue weighted by molar-refractivity contribution is -0.176. The molecule has 1 aromatic rings. The van der Waals surface area contributed by atoms with E-state index in [1.54, 1.807) is 12.1 Å². The van der Waals surface area contributed by atoms with Crippen LogP contribution in [0.3, 0.4) is 0 Å². The van der Waals surface area contributed by atoms with Gasteiger partial charge in [-0.25, -0.2) is 4.99 Å². The molecule has 1 rings (SSSR count). The van der Waals surface area contributed by atoms with Crippen LogP contribution in [0, 0.1) is 5.41 Å². The summed E-state index contributed by atoms with van der Waals surface area (Å²) < 4.78 is 41.0. The van der Waals surface area contributed by atoms with Crippen molar-refractivity contribution in [1.29, 1.82) is 0 Å². The van der Waals surface area contributed by atoms with Gasteiger partial charge in [-0.3, -0.25) is 0 Å². The van der Waals surface area contributed by atoms with Crippen molar-refractivity contribution in [3.05, 3.63) is 35.4 Å². The highest BCUT2D eigenvalue weighted by Gasteiger charge is 2.27. The Labute approximate surface area is 171 Å². The molecule has 0 aliphatic carbocycles. The van der Waals surface area contributed by atoms with E-state index in [-0.39, 0.29) is 18.6 Å². The Hall–Kier alpha value is -1.80. The molecule has 0 saturated carbocycles. The molecule has 0 aliphatic rings. The molecule has 5 nitrogen and oxygen atoms in total. The molecular weight excluding hydrogens is 383 g/mol. The van der Waals surface area contributed by atoms with Crippen molar-refractivity contribution in [3.63, 3.8) is 0 Å². The van der Waals surface area contributed by atoms with Crippen LogP contribution in [0.4, 0.5) is 13.2 Å². The number of benzene rings is 1. The Kier molecular flexibility index (Phi) is 11.0. The van der Waals surface area contributed by atoms with Crippen LogP contribution in [0.15, 0.2) is 29.3 Å². The first-order valence-electron chi connectivity index (χ1n) is 10.1. The zero-order chi connectivity index (χ0) is 21.8. The van der Waals surface area contributed by atoms with Crippen LogP contribution in [0.25, 0.3) is 0 Å². The zero-order valence-electron chi connectivity index (χ0n) is 17.6. The number of alkyl halides is 3. The molecule has 0 atom stereocenters. The first kappa shape index (κ1) is 25.2. The lowest BCUT2D eigenvalue weighted by Gasteiger charge is -2.32. The molecule has 0 bridgehead atoms. The van der Waals surface area contributed by atoms with E-state index >= 15 is 0 Å². The van der Waals surface area contributed by atoms with Gasteiger partial charge in [0.1, 0.15) is 6.61 Å². The van der Waals surface area contributed by atoms with Gasteiger partial charge in [-0.05, 0) is 42.7 Å².